The highest BCUT2D eigenvalue weighted by molar-refractivity contribution is 6.30. The molecule has 6 rings (SSSR count). The van der Waals surface area contributed by atoms with Crippen LogP contribution in [0.1, 0.15) is 98.7 Å². The van der Waals surface area contributed by atoms with Gasteiger partial charge in [0.25, 0.3) is 11.8 Å². The second kappa shape index (κ2) is 32.7. The summed E-state index contributed by atoms with van der Waals surface area (Å²) in [4.78, 5) is 96.8. The Morgan fingerprint density at radius 3 is 1.94 bits per heavy atom. The summed E-state index contributed by atoms with van der Waals surface area (Å²) >= 11 is 6.05. The molecule has 3 amide bonds. The zero-order valence-corrected chi connectivity index (χ0v) is 47.6. The van der Waals surface area contributed by atoms with E-state index in [4.69, 9.17) is 30.5 Å². The molecule has 1 atom stereocenters. The fourth-order valence-corrected chi connectivity index (χ4v) is 9.23. The topological polar surface area (TPSA) is 198 Å². The van der Waals surface area contributed by atoms with Crippen molar-refractivity contribution in [1.29, 1.82) is 0 Å². The van der Waals surface area contributed by atoms with Crippen LogP contribution in [0.15, 0.2) is 97.1 Å². The summed E-state index contributed by atoms with van der Waals surface area (Å²) in [5.41, 5.74) is 3.66. The number of nitrogens with zero attached hydrogens (tertiary/aromatic N) is 5. The highest BCUT2D eigenvalue weighted by atomic mass is 35.5. The highest BCUT2D eigenvalue weighted by Crippen LogP contribution is 2.31. The summed E-state index contributed by atoms with van der Waals surface area (Å²) in [6.07, 6.45) is 2.44. The number of methoxy groups -OCH3 is 1. The number of amides is 3. The molecule has 19 heteroatoms. The maximum absolute atomic E-state index is 13.6. The number of hydrogen-bond acceptors (Lipinski definition) is 14. The molecular formula is C60H78ClN7O11. The zero-order valence-electron chi connectivity index (χ0n) is 46.9. The third-order valence-corrected chi connectivity index (χ3v) is 13.7. The lowest BCUT2D eigenvalue weighted by molar-refractivity contribution is -0.145. The van der Waals surface area contributed by atoms with Crippen LogP contribution in [0.4, 0.5) is 5.69 Å². The van der Waals surface area contributed by atoms with E-state index in [0.29, 0.717) is 76.2 Å². The van der Waals surface area contributed by atoms with Crippen molar-refractivity contribution in [1.82, 2.24) is 29.5 Å². The molecule has 2 N–H and O–H groups in total. The summed E-state index contributed by atoms with van der Waals surface area (Å²) in [6.45, 7) is 19.5. The van der Waals surface area contributed by atoms with E-state index in [2.05, 4.69) is 20.4 Å². The summed E-state index contributed by atoms with van der Waals surface area (Å²) in [6, 6.07) is 26.8. The molecule has 5 aromatic rings. The van der Waals surface area contributed by atoms with E-state index in [1.165, 1.54) is 6.92 Å². The maximum atomic E-state index is 13.6. The lowest BCUT2D eigenvalue weighted by atomic mass is 10.1. The van der Waals surface area contributed by atoms with Gasteiger partial charge in [0.2, 0.25) is 11.8 Å². The summed E-state index contributed by atoms with van der Waals surface area (Å²) < 4.78 is 23.5. The van der Waals surface area contributed by atoms with Crippen LogP contribution in [-0.4, -0.2) is 164 Å². The monoisotopic (exact) mass is 1110 g/mol. The third-order valence-electron chi connectivity index (χ3n) is 13.4. The minimum atomic E-state index is -0.830. The molecule has 0 saturated carbocycles. The molecule has 426 valence electrons. The molecule has 1 aliphatic heterocycles. The minimum absolute atomic E-state index is 0.00873. The van der Waals surface area contributed by atoms with E-state index in [-0.39, 0.29) is 74.6 Å². The van der Waals surface area contributed by atoms with Crippen LogP contribution >= 0.6 is 11.6 Å². The predicted octanol–water partition coefficient (Wildman–Crippen LogP) is 8.06. The lowest BCUT2D eigenvalue weighted by Crippen LogP contribution is -2.49. The zero-order chi connectivity index (χ0) is 57.3. The average molecular weight is 1110 g/mol. The van der Waals surface area contributed by atoms with Gasteiger partial charge in [-0.05, 0) is 130 Å². The molecule has 1 unspecified atom stereocenters. The van der Waals surface area contributed by atoms with Crippen LogP contribution in [0.3, 0.4) is 0 Å². The van der Waals surface area contributed by atoms with Gasteiger partial charge in [0.1, 0.15) is 24.1 Å². The molecule has 0 bridgehead atoms. The molecule has 0 radical (unpaired) electrons. The average Bonchev–Trinajstić information content (AvgIpc) is 3.90. The van der Waals surface area contributed by atoms with Gasteiger partial charge in [0.05, 0.1) is 32.2 Å². The number of halogens is 1. The number of nitrogens with one attached hydrogen (secondary N) is 2. The molecule has 2 heterocycles. The fourth-order valence-electron chi connectivity index (χ4n) is 9.11. The standard InChI is InChI=1S/C46H58ClN5O8.C14H20N2O3/c1-5-21-51(22-6-2)46(57)40(48-44(55)34-11-8-7-9-12-34)18-20-42(53)59-29-10-23-49-24-26-50(27-25-49)28-30-60-43(54)32-38-33(3)52(41-19-17-37(58-4)31-39(38)41)45(56)35-13-15-36(47)16-14-35;1-4-16(5-2)10-14(18)19-13-8-6-12(7-9-13)15-11(3)17/h7-9,11-17,19,31,40H,5-6,10,18,20-30,32H2,1-4H3,(H,48,55);6-9H,4-5,10H2,1-3H3,(H,15,17). The van der Waals surface area contributed by atoms with Crippen molar-refractivity contribution in [3.05, 3.63) is 124 Å². The molecule has 79 heavy (non-hydrogen) atoms. The lowest BCUT2D eigenvalue weighted by Gasteiger charge is -2.34. The Hall–Kier alpha value is -7.12. The molecule has 1 aromatic heterocycles. The first-order chi connectivity index (χ1) is 38.1. The van der Waals surface area contributed by atoms with Gasteiger partial charge in [-0.2, -0.15) is 0 Å². The number of hydrogen-bond donors (Lipinski definition) is 2. The number of anilines is 1. The normalized spacial score (nSPS) is 12.9. The first kappa shape index (κ1) is 62.7. The quantitative estimate of drug-likeness (QED) is 0.0291. The molecule has 4 aromatic carbocycles. The van der Waals surface area contributed by atoms with E-state index in [1.54, 1.807) is 95.4 Å². The van der Waals surface area contributed by atoms with Crippen molar-refractivity contribution in [2.75, 3.05) is 97.6 Å². The van der Waals surface area contributed by atoms with Crippen molar-refractivity contribution in [3.8, 4) is 11.5 Å². The SMILES string of the molecule is CCCN(CCC)C(=O)C(CCC(=O)OCCCN1CCN(CCOC(=O)Cc2c(C)n(C(=O)c3ccc(Cl)cc3)c3ccc(OC)cc23)CC1)NC(=O)c1ccccc1.CCN(CC)CC(=O)Oc1ccc(NC(C)=O)cc1. The van der Waals surface area contributed by atoms with Gasteiger partial charge >= 0.3 is 17.9 Å². The van der Waals surface area contributed by atoms with Crippen molar-refractivity contribution in [2.45, 2.75) is 86.1 Å². The van der Waals surface area contributed by atoms with E-state index in [1.807, 2.05) is 57.7 Å². The van der Waals surface area contributed by atoms with E-state index in [9.17, 15) is 33.6 Å². The first-order valence-corrected chi connectivity index (χ1v) is 27.6. The Balaban J connectivity index is 0.000000510. The number of fused-ring (bicyclic) bond motifs is 1. The maximum Gasteiger partial charge on any atom is 0.325 e. The van der Waals surface area contributed by atoms with Crippen molar-refractivity contribution < 1.29 is 52.5 Å². The molecule has 1 saturated heterocycles. The second-order valence-corrected chi connectivity index (χ2v) is 19.6. The molecule has 0 aliphatic carbocycles. The van der Waals surface area contributed by atoms with E-state index in [0.717, 1.165) is 64.0 Å². The highest BCUT2D eigenvalue weighted by Gasteiger charge is 2.28. The van der Waals surface area contributed by atoms with Crippen LogP contribution in [0.25, 0.3) is 10.9 Å². The number of carbonyl (C=O) groups is 7. The number of benzene rings is 4. The molecule has 1 fully saturated rings. The van der Waals surface area contributed by atoms with Crippen LogP contribution in [0.2, 0.25) is 5.02 Å². The van der Waals surface area contributed by atoms with E-state index < -0.39 is 12.0 Å². The molecule has 0 spiro atoms. The van der Waals surface area contributed by atoms with Gasteiger partial charge < -0.3 is 39.4 Å². The summed E-state index contributed by atoms with van der Waals surface area (Å²) in [7, 11) is 1.58. The van der Waals surface area contributed by atoms with Crippen LogP contribution in [0.5, 0.6) is 11.5 Å². The molecular weight excluding hydrogens is 1030 g/mol. The van der Waals surface area contributed by atoms with Gasteiger partial charge in [-0.15, -0.1) is 0 Å². The number of aromatic nitrogens is 1. The van der Waals surface area contributed by atoms with Gasteiger partial charge in [-0.25, -0.2) is 0 Å². The Morgan fingerprint density at radius 2 is 1.33 bits per heavy atom. The number of carbonyl (C=O) groups excluding carboxylic acids is 7. The Bertz CT molecular complexity index is 2770. The van der Waals surface area contributed by atoms with Crippen molar-refractivity contribution in [2.24, 2.45) is 0 Å². The summed E-state index contributed by atoms with van der Waals surface area (Å²) in [5, 5.41) is 6.80. The van der Waals surface area contributed by atoms with Crippen LogP contribution < -0.4 is 20.1 Å². The second-order valence-electron chi connectivity index (χ2n) is 19.1. The number of esters is 3. The van der Waals surface area contributed by atoms with Gasteiger partial charge in [-0.3, -0.25) is 47.9 Å². The van der Waals surface area contributed by atoms with Crippen LogP contribution in [0, 0.1) is 6.92 Å². The molecule has 18 nitrogen and oxygen atoms in total. The molecule has 1 aliphatic rings. The van der Waals surface area contributed by atoms with Gasteiger partial charge in [-0.1, -0.05) is 57.5 Å². The largest absolute Gasteiger partial charge is 0.497 e. The Morgan fingerprint density at radius 1 is 0.709 bits per heavy atom. The number of rotatable bonds is 27. The number of likely N-dealkylation sites (N-methyl/N-ethyl adjacent to an activating group) is 1. The van der Waals surface area contributed by atoms with Crippen molar-refractivity contribution >= 4 is 69.7 Å². The number of piperazine rings is 1. The van der Waals surface area contributed by atoms with Crippen molar-refractivity contribution in [3.63, 3.8) is 0 Å². The smallest absolute Gasteiger partial charge is 0.325 e. The third kappa shape index (κ3) is 19.9. The summed E-state index contributed by atoms with van der Waals surface area (Å²) in [5.74, 6) is -0.846. The Kier molecular flexibility index (Phi) is 26.0. The predicted molar refractivity (Wildman–Crippen MR) is 306 cm³/mol. The van der Waals surface area contributed by atoms with Gasteiger partial charge in [0, 0.05) is 98.6 Å². The van der Waals surface area contributed by atoms with Crippen LogP contribution in [-0.2, 0) is 39.9 Å². The number of ether oxygens (including phenoxy) is 4. The first-order valence-electron chi connectivity index (χ1n) is 27.3. The van der Waals surface area contributed by atoms with E-state index >= 15 is 0 Å². The van der Waals surface area contributed by atoms with Gasteiger partial charge in [0.15, 0.2) is 0 Å². The fraction of sp³-hybridized carbons (Fsp3) is 0.450. The Labute approximate surface area is 469 Å². The minimum Gasteiger partial charge on any atom is -0.497 e.